The Kier molecular flexibility index (Phi) is 8.07. The number of hydrogen-bond acceptors (Lipinski definition) is 5. The van der Waals surface area contributed by atoms with Crippen LogP contribution in [0.1, 0.15) is 24.2 Å². The summed E-state index contributed by atoms with van der Waals surface area (Å²) < 4.78 is 5.87. The van der Waals surface area contributed by atoms with E-state index in [-0.39, 0.29) is 30.5 Å². The van der Waals surface area contributed by atoms with Crippen LogP contribution in [0, 0.1) is 23.7 Å². The van der Waals surface area contributed by atoms with Crippen LogP contribution in [-0.4, -0.2) is 68.1 Å². The summed E-state index contributed by atoms with van der Waals surface area (Å²) in [6.07, 6.45) is -0.353. The van der Waals surface area contributed by atoms with Gasteiger partial charge < -0.3 is 25.6 Å². The highest BCUT2D eigenvalue weighted by molar-refractivity contribution is 6.33. The first-order valence-corrected chi connectivity index (χ1v) is 10.0. The molecule has 160 valence electrons. The summed E-state index contributed by atoms with van der Waals surface area (Å²) in [4.78, 5) is 17.9. The third-order valence-electron chi connectivity index (χ3n) is 5.49. The van der Waals surface area contributed by atoms with Crippen molar-refractivity contribution in [2.45, 2.75) is 26.0 Å². The molecule has 2 heterocycles. The molecular formula is C21H30Cl2N4O2. The number of rotatable bonds is 4. The molecule has 0 aromatic heterocycles. The number of amides is 1. The van der Waals surface area contributed by atoms with Gasteiger partial charge in [-0.15, -0.1) is 18.3 Å². The topological polar surface area (TPSA) is 70.8 Å². The molecule has 2 aliphatic heterocycles. The number of carbonyl (C=O) groups excluding carboxylic acids is 1. The number of fused-ring (bicyclic) bond motifs is 2. The molecule has 1 atom stereocenters. The molecule has 1 aromatic rings. The predicted octanol–water partition coefficient (Wildman–Crippen LogP) is 2.36. The van der Waals surface area contributed by atoms with Crippen LogP contribution in [0.5, 0.6) is 5.75 Å². The fraction of sp³-hybridized carbons (Fsp3) is 0.571. The van der Waals surface area contributed by atoms with Gasteiger partial charge in [-0.05, 0) is 34.0 Å². The van der Waals surface area contributed by atoms with E-state index in [0.717, 1.165) is 26.2 Å². The highest BCUT2D eigenvalue weighted by Crippen LogP contribution is 2.32. The van der Waals surface area contributed by atoms with Crippen molar-refractivity contribution in [3.63, 3.8) is 0 Å². The molecule has 1 aromatic carbocycles. The Morgan fingerprint density at radius 2 is 1.79 bits per heavy atom. The van der Waals surface area contributed by atoms with E-state index in [0.29, 0.717) is 33.9 Å². The first-order valence-electron chi connectivity index (χ1n) is 9.64. The second kappa shape index (κ2) is 9.90. The molecule has 0 aliphatic carbocycles. The van der Waals surface area contributed by atoms with Crippen LogP contribution in [0.15, 0.2) is 12.1 Å². The number of nitrogens with zero attached hydrogens (tertiary/aromatic N) is 2. The number of piperidine rings is 2. The van der Waals surface area contributed by atoms with Crippen LogP contribution in [0.25, 0.3) is 0 Å². The van der Waals surface area contributed by atoms with Crippen LogP contribution < -0.4 is 15.8 Å². The molecular weight excluding hydrogens is 411 g/mol. The summed E-state index contributed by atoms with van der Waals surface area (Å²) in [7, 11) is 4.29. The molecule has 1 amide bonds. The van der Waals surface area contributed by atoms with Crippen LogP contribution in [-0.2, 0) is 0 Å². The van der Waals surface area contributed by atoms with Crippen molar-refractivity contribution < 1.29 is 9.53 Å². The summed E-state index contributed by atoms with van der Waals surface area (Å²) in [5.74, 6) is 6.77. The third kappa shape index (κ3) is 5.49. The van der Waals surface area contributed by atoms with Crippen molar-refractivity contribution in [2.24, 2.45) is 11.8 Å². The summed E-state index contributed by atoms with van der Waals surface area (Å²) in [6.45, 7) is 7.47. The standard InChI is InChI=1S/C21H29ClN4O2.ClH/c1-5-6-13(2)28-19-8-18(23)17(22)7-16(19)21(27)24-20-14-9-25(3)10-15(20)12-26(4)11-14;/h7-8,13-15,20H,9-12,23H2,1-4H3,(H,24,27);1H. The second-order valence-electron chi connectivity index (χ2n) is 7.99. The van der Waals surface area contributed by atoms with Gasteiger partial charge in [0.05, 0.1) is 16.3 Å². The van der Waals surface area contributed by atoms with Gasteiger partial charge in [-0.3, -0.25) is 4.79 Å². The predicted molar refractivity (Wildman–Crippen MR) is 120 cm³/mol. The lowest BCUT2D eigenvalue weighted by atomic mass is 9.79. The normalized spacial score (nSPS) is 25.2. The number of ether oxygens (including phenoxy) is 1. The van der Waals surface area contributed by atoms with Crippen molar-refractivity contribution in [3.8, 4) is 17.6 Å². The van der Waals surface area contributed by atoms with E-state index in [2.05, 4.69) is 41.1 Å². The highest BCUT2D eigenvalue weighted by Gasteiger charge is 2.41. The van der Waals surface area contributed by atoms with Gasteiger partial charge >= 0.3 is 0 Å². The maximum absolute atomic E-state index is 13.2. The van der Waals surface area contributed by atoms with Gasteiger partial charge in [-0.2, -0.15) is 0 Å². The molecule has 1 unspecified atom stereocenters. The molecule has 2 saturated heterocycles. The lowest BCUT2D eigenvalue weighted by molar-refractivity contribution is 0.0202. The quantitative estimate of drug-likeness (QED) is 0.555. The minimum atomic E-state index is -0.353. The van der Waals surface area contributed by atoms with E-state index in [4.69, 9.17) is 22.1 Å². The largest absolute Gasteiger partial charge is 0.477 e. The number of anilines is 1. The number of benzene rings is 1. The smallest absolute Gasteiger partial charge is 0.255 e. The lowest BCUT2D eigenvalue weighted by Crippen LogP contribution is -2.63. The van der Waals surface area contributed by atoms with Crippen molar-refractivity contribution in [1.82, 2.24) is 15.1 Å². The van der Waals surface area contributed by atoms with Crippen LogP contribution >= 0.6 is 24.0 Å². The molecule has 29 heavy (non-hydrogen) atoms. The lowest BCUT2D eigenvalue weighted by Gasteiger charge is -2.49. The highest BCUT2D eigenvalue weighted by atomic mass is 35.5. The van der Waals surface area contributed by atoms with E-state index < -0.39 is 0 Å². The van der Waals surface area contributed by atoms with Crippen molar-refractivity contribution >= 4 is 35.6 Å². The zero-order valence-corrected chi connectivity index (χ0v) is 18.9. The van der Waals surface area contributed by atoms with Crippen molar-refractivity contribution in [1.29, 1.82) is 0 Å². The van der Waals surface area contributed by atoms with Gasteiger partial charge in [0.25, 0.3) is 5.91 Å². The van der Waals surface area contributed by atoms with Gasteiger partial charge in [-0.25, -0.2) is 0 Å². The third-order valence-corrected chi connectivity index (χ3v) is 5.82. The molecule has 3 N–H and O–H groups in total. The first kappa shape index (κ1) is 23.6. The van der Waals surface area contributed by atoms with E-state index in [1.165, 1.54) is 0 Å². The maximum atomic E-state index is 13.2. The molecule has 2 bridgehead atoms. The van der Waals surface area contributed by atoms with Crippen LogP contribution in [0.3, 0.4) is 0 Å². The Bertz CT molecular complexity index is 778. The minimum absolute atomic E-state index is 0. The first-order chi connectivity index (χ1) is 13.3. The molecule has 0 saturated carbocycles. The fourth-order valence-electron chi connectivity index (χ4n) is 4.44. The van der Waals surface area contributed by atoms with Crippen LogP contribution in [0.4, 0.5) is 5.69 Å². The zero-order valence-electron chi connectivity index (χ0n) is 17.4. The van der Waals surface area contributed by atoms with Gasteiger partial charge in [0.15, 0.2) is 6.10 Å². The molecule has 2 aliphatic rings. The van der Waals surface area contributed by atoms with Crippen molar-refractivity contribution in [2.75, 3.05) is 46.0 Å². The number of carbonyl (C=O) groups is 1. The fourth-order valence-corrected chi connectivity index (χ4v) is 4.60. The Morgan fingerprint density at radius 1 is 1.24 bits per heavy atom. The summed E-state index contributed by atoms with van der Waals surface area (Å²) in [5.41, 5.74) is 6.71. The van der Waals surface area contributed by atoms with Crippen molar-refractivity contribution in [3.05, 3.63) is 22.7 Å². The Hall–Kier alpha value is -1.65. The number of nitrogen functional groups attached to an aromatic ring is 1. The maximum Gasteiger partial charge on any atom is 0.255 e. The number of nitrogens with one attached hydrogen (secondary N) is 1. The number of hydrogen-bond donors (Lipinski definition) is 2. The monoisotopic (exact) mass is 440 g/mol. The summed E-state index contributed by atoms with van der Waals surface area (Å²) in [5, 5.41) is 3.61. The molecule has 8 heteroatoms. The minimum Gasteiger partial charge on any atom is -0.477 e. The molecule has 0 radical (unpaired) electrons. The molecule has 6 nitrogen and oxygen atoms in total. The number of nitrogens with two attached hydrogens (primary N) is 1. The SMILES string of the molecule is CC#CC(C)Oc1cc(N)c(Cl)cc1C(=O)NC1C2CN(C)CC1CN(C)C2.Cl. The van der Waals surface area contributed by atoms with Gasteiger partial charge in [0.2, 0.25) is 0 Å². The molecule has 3 rings (SSSR count). The van der Waals surface area contributed by atoms with E-state index in [9.17, 15) is 4.79 Å². The number of halogens is 2. The van der Waals surface area contributed by atoms with E-state index in [1.54, 1.807) is 19.1 Å². The van der Waals surface area contributed by atoms with Gasteiger partial charge in [0.1, 0.15) is 5.75 Å². The second-order valence-corrected chi connectivity index (χ2v) is 8.39. The van der Waals surface area contributed by atoms with Gasteiger partial charge in [-0.1, -0.05) is 17.5 Å². The van der Waals surface area contributed by atoms with Gasteiger partial charge in [0, 0.05) is 50.1 Å². The number of likely N-dealkylation sites (tertiary alicyclic amines) is 2. The van der Waals surface area contributed by atoms with E-state index >= 15 is 0 Å². The average Bonchev–Trinajstić information content (AvgIpc) is 2.59. The Morgan fingerprint density at radius 3 is 2.31 bits per heavy atom. The average molecular weight is 441 g/mol. The Balaban J connectivity index is 0.00000300. The zero-order chi connectivity index (χ0) is 20.4. The van der Waals surface area contributed by atoms with E-state index in [1.807, 2.05) is 6.92 Å². The Labute approximate surface area is 184 Å². The molecule has 2 fully saturated rings. The summed E-state index contributed by atoms with van der Waals surface area (Å²) >= 11 is 6.20. The molecule has 0 spiro atoms. The van der Waals surface area contributed by atoms with Crippen LogP contribution in [0.2, 0.25) is 5.02 Å². The summed E-state index contributed by atoms with van der Waals surface area (Å²) in [6, 6.07) is 3.33.